The highest BCUT2D eigenvalue weighted by molar-refractivity contribution is 6.03. The van der Waals surface area contributed by atoms with E-state index in [0.29, 0.717) is 12.0 Å². The van der Waals surface area contributed by atoms with Crippen LogP contribution in [-0.4, -0.2) is 35.3 Å². The van der Waals surface area contributed by atoms with E-state index < -0.39 is 11.9 Å². The molecule has 0 spiro atoms. The molecule has 3 amide bonds. The smallest absolute Gasteiger partial charge is 0.308 e. The van der Waals surface area contributed by atoms with Crippen LogP contribution in [0.15, 0.2) is 24.3 Å². The van der Waals surface area contributed by atoms with Gasteiger partial charge in [0, 0.05) is 18.5 Å². The highest BCUT2D eigenvalue weighted by Crippen LogP contribution is 2.17. The Bertz CT molecular complexity index is 638. The highest BCUT2D eigenvalue weighted by Gasteiger charge is 2.30. The van der Waals surface area contributed by atoms with Gasteiger partial charge in [0.25, 0.3) is 5.91 Å². The second-order valence-corrected chi connectivity index (χ2v) is 5.66. The first-order valence-electron chi connectivity index (χ1n) is 7.30. The van der Waals surface area contributed by atoms with Crippen molar-refractivity contribution in [3.8, 4) is 0 Å². The lowest BCUT2D eigenvalue weighted by Crippen LogP contribution is -2.31. The minimum Gasteiger partial charge on any atom is -0.481 e. The molecule has 1 aliphatic rings. The number of hydrogen-bond donors (Lipinski definition) is 3. The van der Waals surface area contributed by atoms with E-state index in [1.807, 2.05) is 0 Å². The van der Waals surface area contributed by atoms with Gasteiger partial charge in [-0.2, -0.15) is 0 Å². The summed E-state index contributed by atoms with van der Waals surface area (Å²) in [4.78, 5) is 45.3. The number of carboxylic acids is 1. The van der Waals surface area contributed by atoms with E-state index in [0.717, 1.165) is 5.56 Å². The van der Waals surface area contributed by atoms with Crippen LogP contribution in [0, 0.1) is 11.8 Å². The van der Waals surface area contributed by atoms with Crippen molar-refractivity contribution in [2.45, 2.75) is 19.8 Å². The summed E-state index contributed by atoms with van der Waals surface area (Å²) in [6.07, 6.45) is 0.629. The number of benzene rings is 1. The van der Waals surface area contributed by atoms with Crippen molar-refractivity contribution in [1.82, 2.24) is 10.6 Å². The molecule has 1 aromatic carbocycles. The van der Waals surface area contributed by atoms with Crippen molar-refractivity contribution in [2.24, 2.45) is 11.8 Å². The Hall–Kier alpha value is -2.70. The van der Waals surface area contributed by atoms with Crippen LogP contribution in [0.5, 0.6) is 0 Å². The van der Waals surface area contributed by atoms with Crippen LogP contribution in [0.1, 0.15) is 29.3 Å². The first kappa shape index (κ1) is 16.7. The Labute approximate surface area is 133 Å². The Morgan fingerprint density at radius 1 is 1.30 bits per heavy atom. The second kappa shape index (κ2) is 7.04. The molecule has 1 saturated heterocycles. The average molecular weight is 318 g/mol. The summed E-state index contributed by atoms with van der Waals surface area (Å²) in [7, 11) is 0. The van der Waals surface area contributed by atoms with Crippen LogP contribution in [0.3, 0.4) is 0 Å². The second-order valence-electron chi connectivity index (χ2n) is 5.66. The average Bonchev–Trinajstić information content (AvgIpc) is 2.82. The van der Waals surface area contributed by atoms with Gasteiger partial charge in [-0.3, -0.25) is 24.5 Å². The van der Waals surface area contributed by atoms with Crippen LogP contribution in [0.2, 0.25) is 0 Å². The van der Waals surface area contributed by atoms with Gasteiger partial charge in [-0.1, -0.05) is 19.1 Å². The third-order valence-corrected chi connectivity index (χ3v) is 3.75. The quantitative estimate of drug-likeness (QED) is 0.655. The number of carbonyl (C=O) groups excluding carboxylic acids is 3. The number of carboxylic acid groups (broad SMARTS) is 1. The Morgan fingerprint density at radius 3 is 2.48 bits per heavy atom. The fourth-order valence-corrected chi connectivity index (χ4v) is 2.28. The molecule has 23 heavy (non-hydrogen) atoms. The van der Waals surface area contributed by atoms with Crippen LogP contribution < -0.4 is 10.6 Å². The zero-order chi connectivity index (χ0) is 17.0. The standard InChI is InChI=1S/C16H18N2O5/c1-9(16(22)23)8-17-14(20)11-4-2-10(3-5-11)6-12-7-13(19)18-15(12)21/h2-5,9,12H,6-8H2,1H3,(H,17,20)(H,22,23)(H,18,19,21). The van der Waals surface area contributed by atoms with Gasteiger partial charge in [0.1, 0.15) is 0 Å². The highest BCUT2D eigenvalue weighted by atomic mass is 16.4. The Kier molecular flexibility index (Phi) is 5.10. The minimum atomic E-state index is -0.968. The molecule has 2 atom stereocenters. The van der Waals surface area contributed by atoms with Crippen molar-refractivity contribution in [3.63, 3.8) is 0 Å². The molecule has 0 saturated carbocycles. The summed E-state index contributed by atoms with van der Waals surface area (Å²) in [6, 6.07) is 6.69. The summed E-state index contributed by atoms with van der Waals surface area (Å²) < 4.78 is 0. The van der Waals surface area contributed by atoms with E-state index in [2.05, 4.69) is 10.6 Å². The number of imide groups is 1. The predicted molar refractivity (Wildman–Crippen MR) is 80.5 cm³/mol. The maximum atomic E-state index is 11.9. The van der Waals surface area contributed by atoms with E-state index in [4.69, 9.17) is 5.11 Å². The maximum absolute atomic E-state index is 11.9. The number of amides is 3. The summed E-state index contributed by atoms with van der Waals surface area (Å²) >= 11 is 0. The molecule has 3 N–H and O–H groups in total. The van der Waals surface area contributed by atoms with E-state index in [1.165, 1.54) is 6.92 Å². The molecule has 2 rings (SSSR count). The molecule has 0 bridgehead atoms. The van der Waals surface area contributed by atoms with Gasteiger partial charge < -0.3 is 10.4 Å². The third-order valence-electron chi connectivity index (χ3n) is 3.75. The van der Waals surface area contributed by atoms with Gasteiger partial charge in [0.15, 0.2) is 0 Å². The number of nitrogens with one attached hydrogen (secondary N) is 2. The molecule has 0 aliphatic carbocycles. The van der Waals surface area contributed by atoms with E-state index in [9.17, 15) is 19.2 Å². The Morgan fingerprint density at radius 2 is 1.96 bits per heavy atom. The lowest BCUT2D eigenvalue weighted by molar-refractivity contribution is -0.140. The first-order valence-corrected chi connectivity index (χ1v) is 7.30. The van der Waals surface area contributed by atoms with Crippen molar-refractivity contribution in [3.05, 3.63) is 35.4 Å². The fraction of sp³-hybridized carbons (Fsp3) is 0.375. The van der Waals surface area contributed by atoms with Gasteiger partial charge in [-0.15, -0.1) is 0 Å². The van der Waals surface area contributed by atoms with Crippen molar-refractivity contribution in [1.29, 1.82) is 0 Å². The monoisotopic (exact) mass is 318 g/mol. The largest absolute Gasteiger partial charge is 0.481 e. The third kappa shape index (κ3) is 4.38. The molecule has 122 valence electrons. The van der Waals surface area contributed by atoms with Gasteiger partial charge in [0.2, 0.25) is 11.8 Å². The summed E-state index contributed by atoms with van der Waals surface area (Å²) in [5, 5.41) is 13.6. The van der Waals surface area contributed by atoms with Gasteiger partial charge >= 0.3 is 5.97 Å². The number of rotatable bonds is 6. The minimum absolute atomic E-state index is 0.0558. The molecule has 1 fully saturated rings. The zero-order valence-electron chi connectivity index (χ0n) is 12.7. The summed E-state index contributed by atoms with van der Waals surface area (Å²) in [5.41, 5.74) is 1.27. The van der Waals surface area contributed by atoms with Crippen molar-refractivity contribution < 1.29 is 24.3 Å². The number of hydrogen-bond acceptors (Lipinski definition) is 4. The molecule has 7 heteroatoms. The van der Waals surface area contributed by atoms with E-state index >= 15 is 0 Å². The first-order chi connectivity index (χ1) is 10.9. The molecule has 7 nitrogen and oxygen atoms in total. The predicted octanol–water partition coefficient (Wildman–Crippen LogP) is 0.342. The molecule has 0 radical (unpaired) electrons. The maximum Gasteiger partial charge on any atom is 0.308 e. The SMILES string of the molecule is CC(CNC(=O)c1ccc(CC2CC(=O)NC2=O)cc1)C(=O)O. The molecule has 0 aromatic heterocycles. The van der Waals surface area contributed by atoms with E-state index in [1.54, 1.807) is 24.3 Å². The topological polar surface area (TPSA) is 113 Å². The van der Waals surface area contributed by atoms with Crippen LogP contribution in [0.4, 0.5) is 0 Å². The summed E-state index contributed by atoms with van der Waals surface area (Å²) in [6.45, 7) is 1.57. The normalized spacial score (nSPS) is 18.4. The molecule has 1 heterocycles. The van der Waals surface area contributed by atoms with Crippen LogP contribution in [0.25, 0.3) is 0 Å². The van der Waals surface area contributed by atoms with Crippen molar-refractivity contribution in [2.75, 3.05) is 6.54 Å². The molecular formula is C16H18N2O5. The fourth-order valence-electron chi connectivity index (χ4n) is 2.28. The van der Waals surface area contributed by atoms with Crippen LogP contribution >= 0.6 is 0 Å². The zero-order valence-corrected chi connectivity index (χ0v) is 12.7. The molecule has 1 aliphatic heterocycles. The van der Waals surface area contributed by atoms with Crippen molar-refractivity contribution >= 4 is 23.7 Å². The van der Waals surface area contributed by atoms with Gasteiger partial charge in [0.05, 0.1) is 11.8 Å². The number of carbonyl (C=O) groups is 4. The molecule has 1 aromatic rings. The summed E-state index contributed by atoms with van der Waals surface area (Å²) in [5.74, 6) is -2.86. The van der Waals surface area contributed by atoms with Gasteiger partial charge in [-0.05, 0) is 24.1 Å². The number of aliphatic carboxylic acids is 1. The molecular weight excluding hydrogens is 300 g/mol. The van der Waals surface area contributed by atoms with Gasteiger partial charge in [-0.25, -0.2) is 0 Å². The Balaban J connectivity index is 1.91. The van der Waals surface area contributed by atoms with E-state index in [-0.39, 0.29) is 36.6 Å². The lowest BCUT2D eigenvalue weighted by atomic mass is 9.97. The molecule has 2 unspecified atom stereocenters. The lowest BCUT2D eigenvalue weighted by Gasteiger charge is -2.09. The van der Waals surface area contributed by atoms with Crippen LogP contribution in [-0.2, 0) is 20.8 Å².